The van der Waals surface area contributed by atoms with Crippen molar-refractivity contribution >= 4 is 17.6 Å². The summed E-state index contributed by atoms with van der Waals surface area (Å²) in [5.41, 5.74) is 2.47. The number of alkyl halides is 1. The normalized spacial score (nSPS) is 43.8. The number of carbonyl (C=O) groups excluding carboxylic acids is 1. The molecule has 0 aromatic heterocycles. The zero-order valence-corrected chi connectivity index (χ0v) is 21.3. The van der Waals surface area contributed by atoms with E-state index >= 15 is 0 Å². The summed E-state index contributed by atoms with van der Waals surface area (Å²) in [4.78, 5) is 11.5. The molecule has 0 radical (unpaired) electrons. The third-order valence-electron chi connectivity index (χ3n) is 10.4. The van der Waals surface area contributed by atoms with Crippen molar-refractivity contribution in [1.82, 2.24) is 0 Å². The van der Waals surface area contributed by atoms with E-state index in [4.69, 9.17) is 16.3 Å². The summed E-state index contributed by atoms with van der Waals surface area (Å²) in [7, 11) is 0. The molecule has 0 bridgehead atoms. The molecule has 31 heavy (non-hydrogen) atoms. The first kappa shape index (κ1) is 23.7. The molecule has 3 heteroatoms. The number of esters is 1. The van der Waals surface area contributed by atoms with Crippen LogP contribution in [-0.2, 0) is 9.53 Å². The lowest BCUT2D eigenvalue weighted by atomic mass is 9.47. The monoisotopic (exact) mass is 448 g/mol. The van der Waals surface area contributed by atoms with Crippen LogP contribution < -0.4 is 0 Å². The Bertz CT molecular complexity index is 699. The van der Waals surface area contributed by atoms with Crippen LogP contribution in [-0.4, -0.2) is 17.5 Å². The minimum Gasteiger partial charge on any atom is -0.462 e. The van der Waals surface area contributed by atoms with E-state index in [0.717, 1.165) is 48.9 Å². The minimum atomic E-state index is -0.122. The first-order valence-corrected chi connectivity index (χ1v) is 13.6. The summed E-state index contributed by atoms with van der Waals surface area (Å²) < 4.78 is 5.61. The molecule has 176 valence electrons. The molecule has 3 fully saturated rings. The first-order valence-electron chi connectivity index (χ1n) is 13.2. The maximum Gasteiger partial charge on any atom is 0.302 e. The summed E-state index contributed by atoms with van der Waals surface area (Å²) in [6, 6.07) is 0. The van der Waals surface area contributed by atoms with Crippen molar-refractivity contribution in [3.8, 4) is 0 Å². The molecule has 0 amide bonds. The zero-order chi connectivity index (χ0) is 22.4. The highest BCUT2D eigenvalue weighted by molar-refractivity contribution is 6.20. The maximum atomic E-state index is 11.5. The number of allylic oxidation sites excluding steroid dienone is 1. The van der Waals surface area contributed by atoms with Gasteiger partial charge in [0.2, 0.25) is 0 Å². The lowest BCUT2D eigenvalue weighted by Gasteiger charge is -2.58. The van der Waals surface area contributed by atoms with Gasteiger partial charge in [-0.1, -0.05) is 45.3 Å². The Morgan fingerprint density at radius 2 is 1.90 bits per heavy atom. The van der Waals surface area contributed by atoms with Crippen LogP contribution in [0.25, 0.3) is 0 Å². The number of halogens is 1. The molecule has 2 unspecified atom stereocenters. The SMILES string of the molecule is CC(=O)O[C@H]1CC[C@@]2(C)C(=CC[C@H]3C4CC[C@H]([C@H](C)CCCC(C)Cl)[C@@]4(C)CC[C@@H]32)C1. The summed E-state index contributed by atoms with van der Waals surface area (Å²) in [5, 5.41) is 0.314. The zero-order valence-electron chi connectivity index (χ0n) is 20.6. The Morgan fingerprint density at radius 1 is 1.13 bits per heavy atom. The molecular formula is C28H45ClO2. The number of carbonyl (C=O) groups is 1. The molecule has 0 aliphatic heterocycles. The van der Waals surface area contributed by atoms with Gasteiger partial charge in [0, 0.05) is 18.7 Å². The molecule has 0 N–H and O–H groups in total. The van der Waals surface area contributed by atoms with Crippen molar-refractivity contribution in [3.05, 3.63) is 11.6 Å². The molecule has 4 aliphatic rings. The summed E-state index contributed by atoms with van der Waals surface area (Å²) >= 11 is 6.21. The average molecular weight is 449 g/mol. The van der Waals surface area contributed by atoms with Crippen molar-refractivity contribution < 1.29 is 9.53 Å². The van der Waals surface area contributed by atoms with Crippen molar-refractivity contribution in [1.29, 1.82) is 0 Å². The smallest absolute Gasteiger partial charge is 0.302 e. The van der Waals surface area contributed by atoms with Crippen molar-refractivity contribution in [3.63, 3.8) is 0 Å². The Labute approximate surface area is 195 Å². The number of hydrogen-bond acceptors (Lipinski definition) is 2. The number of rotatable bonds is 6. The fourth-order valence-corrected chi connectivity index (χ4v) is 9.01. The molecule has 2 nitrogen and oxygen atoms in total. The molecule has 4 rings (SSSR count). The van der Waals surface area contributed by atoms with E-state index in [-0.39, 0.29) is 12.1 Å². The van der Waals surface area contributed by atoms with Crippen LogP contribution in [0.4, 0.5) is 0 Å². The van der Waals surface area contributed by atoms with Gasteiger partial charge in [0.25, 0.3) is 0 Å². The number of ether oxygens (including phenoxy) is 1. The van der Waals surface area contributed by atoms with Crippen molar-refractivity contribution in [2.45, 2.75) is 117 Å². The second kappa shape index (κ2) is 9.03. The van der Waals surface area contributed by atoms with E-state index in [0.29, 0.717) is 16.2 Å². The van der Waals surface area contributed by atoms with E-state index in [1.54, 1.807) is 12.5 Å². The molecule has 3 saturated carbocycles. The summed E-state index contributed by atoms with van der Waals surface area (Å²) in [6.07, 6.45) is 16.6. The molecule has 0 aromatic rings. The van der Waals surface area contributed by atoms with Crippen LogP contribution in [0.5, 0.6) is 0 Å². The van der Waals surface area contributed by atoms with Gasteiger partial charge >= 0.3 is 5.97 Å². The second-order valence-corrected chi connectivity index (χ2v) is 12.9. The first-order chi connectivity index (χ1) is 14.6. The molecule has 0 saturated heterocycles. The second-order valence-electron chi connectivity index (χ2n) is 12.2. The van der Waals surface area contributed by atoms with Crippen LogP contribution in [0.2, 0.25) is 0 Å². The van der Waals surface area contributed by atoms with Crippen LogP contribution in [0, 0.1) is 40.4 Å². The number of hydrogen-bond donors (Lipinski definition) is 0. The Hall–Kier alpha value is -0.500. The largest absolute Gasteiger partial charge is 0.462 e. The quantitative estimate of drug-likeness (QED) is 0.234. The van der Waals surface area contributed by atoms with Gasteiger partial charge in [0.05, 0.1) is 0 Å². The van der Waals surface area contributed by atoms with E-state index in [2.05, 4.69) is 33.8 Å². The lowest BCUT2D eigenvalue weighted by Crippen LogP contribution is -2.51. The number of fused-ring (bicyclic) bond motifs is 5. The van der Waals surface area contributed by atoms with Gasteiger partial charge in [-0.3, -0.25) is 4.79 Å². The standard InChI is InChI=1S/C28H45ClO2/c1-18(7-6-8-19(2)29)24-11-12-25-23-10-9-21-17-22(31-20(3)30)13-15-27(21,4)26(23)14-16-28(24,25)5/h9,18-19,22-26H,6-8,10-17H2,1-5H3/t18-,19?,22+,23+,24-,25?,26+,27+,28-/m1/s1. The Morgan fingerprint density at radius 3 is 2.61 bits per heavy atom. The molecule has 4 aliphatic carbocycles. The topological polar surface area (TPSA) is 26.3 Å². The maximum absolute atomic E-state index is 11.5. The Balaban J connectivity index is 1.47. The fourth-order valence-electron chi connectivity index (χ4n) is 8.86. The van der Waals surface area contributed by atoms with E-state index in [9.17, 15) is 4.79 Å². The average Bonchev–Trinajstić information content (AvgIpc) is 3.05. The molecule has 0 aromatic carbocycles. The van der Waals surface area contributed by atoms with Crippen LogP contribution in [0.1, 0.15) is 105 Å². The molecule has 9 atom stereocenters. The summed E-state index contributed by atoms with van der Waals surface area (Å²) in [5.74, 6) is 4.18. The van der Waals surface area contributed by atoms with Crippen LogP contribution >= 0.6 is 11.6 Å². The highest BCUT2D eigenvalue weighted by Crippen LogP contribution is 2.67. The van der Waals surface area contributed by atoms with Crippen molar-refractivity contribution in [2.24, 2.45) is 40.4 Å². The predicted molar refractivity (Wildman–Crippen MR) is 129 cm³/mol. The van der Waals surface area contributed by atoms with Gasteiger partial charge in [-0.15, -0.1) is 11.6 Å². The Kier molecular flexibility index (Phi) is 6.89. The third kappa shape index (κ3) is 4.36. The van der Waals surface area contributed by atoms with Crippen LogP contribution in [0.3, 0.4) is 0 Å². The van der Waals surface area contributed by atoms with E-state index in [1.807, 2.05) is 0 Å². The van der Waals surface area contributed by atoms with Crippen LogP contribution in [0.15, 0.2) is 11.6 Å². The van der Waals surface area contributed by atoms with Crippen molar-refractivity contribution in [2.75, 3.05) is 0 Å². The van der Waals surface area contributed by atoms with Gasteiger partial charge in [0.1, 0.15) is 6.10 Å². The molecule has 0 spiro atoms. The predicted octanol–water partition coefficient (Wildman–Crippen LogP) is 7.93. The lowest BCUT2D eigenvalue weighted by molar-refractivity contribution is -0.148. The van der Waals surface area contributed by atoms with Gasteiger partial charge in [-0.05, 0) is 98.7 Å². The van der Waals surface area contributed by atoms with Gasteiger partial charge in [0.15, 0.2) is 0 Å². The third-order valence-corrected chi connectivity index (χ3v) is 10.6. The summed E-state index contributed by atoms with van der Waals surface area (Å²) in [6.45, 7) is 11.4. The molecule has 0 heterocycles. The highest BCUT2D eigenvalue weighted by atomic mass is 35.5. The minimum absolute atomic E-state index is 0.106. The van der Waals surface area contributed by atoms with Gasteiger partial charge in [-0.25, -0.2) is 0 Å². The van der Waals surface area contributed by atoms with E-state index in [1.165, 1.54) is 51.4 Å². The van der Waals surface area contributed by atoms with Gasteiger partial charge < -0.3 is 4.74 Å². The van der Waals surface area contributed by atoms with E-state index < -0.39 is 0 Å². The highest BCUT2D eigenvalue weighted by Gasteiger charge is 2.59. The molecular weight excluding hydrogens is 404 g/mol. The van der Waals surface area contributed by atoms with Gasteiger partial charge in [-0.2, -0.15) is 0 Å². The fraction of sp³-hybridized carbons (Fsp3) is 0.893.